The Hall–Kier alpha value is -1.42. The molecule has 2 aromatic rings. The van der Waals surface area contributed by atoms with Crippen molar-refractivity contribution >= 4 is 11.6 Å². The molecule has 1 aromatic carbocycles. The molecule has 0 aliphatic carbocycles. The summed E-state index contributed by atoms with van der Waals surface area (Å²) in [7, 11) is 0. The summed E-state index contributed by atoms with van der Waals surface area (Å²) in [6, 6.07) is 3.23. The topological polar surface area (TPSA) is 26.0 Å². The van der Waals surface area contributed by atoms with E-state index in [1.54, 1.807) is 0 Å². The normalized spacial score (nSPS) is 10.6. The van der Waals surface area contributed by atoms with E-state index in [0.717, 1.165) is 12.1 Å². The predicted octanol–water partition coefficient (Wildman–Crippen LogP) is 3.36. The van der Waals surface area contributed by atoms with Crippen LogP contribution in [0, 0.1) is 11.6 Å². The van der Waals surface area contributed by atoms with Crippen molar-refractivity contribution in [3.63, 3.8) is 0 Å². The number of benzene rings is 1. The van der Waals surface area contributed by atoms with E-state index in [2.05, 4.69) is 5.16 Å². The fraction of sp³-hybridized carbons (Fsp3) is 0.100. The van der Waals surface area contributed by atoms with Crippen molar-refractivity contribution in [1.82, 2.24) is 5.16 Å². The van der Waals surface area contributed by atoms with Crippen LogP contribution in [-0.4, -0.2) is 5.16 Å². The Morgan fingerprint density at radius 3 is 2.80 bits per heavy atom. The van der Waals surface area contributed by atoms with Crippen LogP contribution < -0.4 is 0 Å². The third kappa shape index (κ3) is 1.85. The van der Waals surface area contributed by atoms with E-state index in [0.29, 0.717) is 5.56 Å². The van der Waals surface area contributed by atoms with Gasteiger partial charge >= 0.3 is 0 Å². The van der Waals surface area contributed by atoms with Crippen molar-refractivity contribution in [3.8, 4) is 11.3 Å². The lowest BCUT2D eigenvalue weighted by molar-refractivity contribution is 0.429. The van der Waals surface area contributed by atoms with Crippen LogP contribution in [0.5, 0.6) is 0 Å². The maximum atomic E-state index is 13.4. The third-order valence-corrected chi connectivity index (χ3v) is 2.25. The molecule has 0 spiro atoms. The fourth-order valence-corrected chi connectivity index (χ4v) is 1.44. The summed E-state index contributed by atoms with van der Waals surface area (Å²) >= 11 is 5.61. The summed E-state index contributed by atoms with van der Waals surface area (Å²) in [5, 5.41) is 3.51. The van der Waals surface area contributed by atoms with Crippen LogP contribution in [0.4, 0.5) is 8.78 Å². The summed E-state index contributed by atoms with van der Waals surface area (Å²) in [6.07, 6.45) is 1.41. The van der Waals surface area contributed by atoms with Crippen LogP contribution in [0.25, 0.3) is 11.3 Å². The minimum Gasteiger partial charge on any atom is -0.356 e. The lowest BCUT2D eigenvalue weighted by atomic mass is 10.1. The number of halogens is 3. The molecule has 0 aliphatic rings. The van der Waals surface area contributed by atoms with Gasteiger partial charge in [-0.2, -0.15) is 0 Å². The molecule has 0 fully saturated rings. The van der Waals surface area contributed by atoms with Crippen molar-refractivity contribution in [2.75, 3.05) is 0 Å². The summed E-state index contributed by atoms with van der Waals surface area (Å²) in [5.74, 6) is -0.931. The first-order chi connectivity index (χ1) is 7.22. The molecule has 1 heterocycles. The zero-order valence-corrected chi connectivity index (χ0v) is 8.26. The lowest BCUT2D eigenvalue weighted by Crippen LogP contribution is -1.87. The van der Waals surface area contributed by atoms with E-state index >= 15 is 0 Å². The molecule has 0 radical (unpaired) electrons. The van der Waals surface area contributed by atoms with Gasteiger partial charge in [0.2, 0.25) is 0 Å². The van der Waals surface area contributed by atoms with Gasteiger partial charge in [-0.1, -0.05) is 5.16 Å². The second-order valence-electron chi connectivity index (χ2n) is 2.94. The molecule has 0 unspecified atom stereocenters. The van der Waals surface area contributed by atoms with Gasteiger partial charge < -0.3 is 4.52 Å². The van der Waals surface area contributed by atoms with E-state index in [1.165, 1.54) is 12.3 Å². The molecule has 0 amide bonds. The number of aromatic nitrogens is 1. The monoisotopic (exact) mass is 229 g/mol. The molecule has 2 nitrogen and oxygen atoms in total. The number of nitrogens with zero attached hydrogens (tertiary/aromatic N) is 1. The van der Waals surface area contributed by atoms with Gasteiger partial charge in [-0.05, 0) is 12.1 Å². The molecule has 0 atom stereocenters. The molecule has 5 heteroatoms. The minimum absolute atomic E-state index is 0.157. The molecular weight excluding hydrogens is 224 g/mol. The summed E-state index contributed by atoms with van der Waals surface area (Å²) in [6.45, 7) is 0. The Morgan fingerprint density at radius 1 is 1.33 bits per heavy atom. The smallest absolute Gasteiger partial charge is 0.174 e. The zero-order valence-electron chi connectivity index (χ0n) is 7.51. The van der Waals surface area contributed by atoms with E-state index in [9.17, 15) is 8.78 Å². The van der Waals surface area contributed by atoms with Gasteiger partial charge in [0.05, 0.1) is 17.6 Å². The summed E-state index contributed by atoms with van der Waals surface area (Å²) < 4.78 is 30.9. The highest BCUT2D eigenvalue weighted by Gasteiger charge is 2.14. The van der Waals surface area contributed by atoms with Crippen LogP contribution in [0.15, 0.2) is 28.9 Å². The lowest BCUT2D eigenvalue weighted by Gasteiger charge is -2.00. The Kier molecular flexibility index (Phi) is 2.68. The molecule has 0 N–H and O–H groups in total. The van der Waals surface area contributed by atoms with Gasteiger partial charge in [0.15, 0.2) is 5.76 Å². The van der Waals surface area contributed by atoms with Crippen molar-refractivity contribution in [3.05, 3.63) is 41.6 Å². The zero-order chi connectivity index (χ0) is 10.8. The molecule has 1 aromatic heterocycles. The Bertz CT molecular complexity index is 484. The summed E-state index contributed by atoms with van der Waals surface area (Å²) in [5.41, 5.74) is 0.728. The highest BCUT2D eigenvalue weighted by atomic mass is 35.5. The maximum Gasteiger partial charge on any atom is 0.174 e. The van der Waals surface area contributed by atoms with Crippen LogP contribution in [0.1, 0.15) is 5.56 Å². The Balaban J connectivity index is 2.54. The van der Waals surface area contributed by atoms with Gasteiger partial charge in [-0.25, -0.2) is 8.78 Å². The number of hydrogen-bond acceptors (Lipinski definition) is 2. The number of hydrogen-bond donors (Lipinski definition) is 0. The summed E-state index contributed by atoms with van der Waals surface area (Å²) in [4.78, 5) is 0. The predicted molar refractivity (Wildman–Crippen MR) is 51.4 cm³/mol. The molecule has 0 saturated heterocycles. The van der Waals surface area contributed by atoms with Crippen LogP contribution in [0.3, 0.4) is 0 Å². The molecule has 0 aliphatic heterocycles. The Labute approximate surface area is 89.5 Å². The average Bonchev–Trinajstić information content (AvgIpc) is 2.65. The highest BCUT2D eigenvalue weighted by molar-refractivity contribution is 6.17. The second kappa shape index (κ2) is 3.98. The first-order valence-corrected chi connectivity index (χ1v) is 4.70. The standard InChI is InChI=1S/C10H6ClF2NO/c11-4-6-5-14-15-10(6)8-2-1-7(12)3-9(8)13/h1-3,5H,4H2. The number of rotatable bonds is 2. The Morgan fingerprint density at radius 2 is 2.13 bits per heavy atom. The van der Waals surface area contributed by atoms with Gasteiger partial charge in [0.1, 0.15) is 11.6 Å². The highest BCUT2D eigenvalue weighted by Crippen LogP contribution is 2.27. The van der Waals surface area contributed by atoms with E-state index in [-0.39, 0.29) is 17.2 Å². The largest absolute Gasteiger partial charge is 0.356 e. The van der Waals surface area contributed by atoms with Gasteiger partial charge in [0, 0.05) is 11.6 Å². The average molecular weight is 230 g/mol. The van der Waals surface area contributed by atoms with Gasteiger partial charge in [-0.3, -0.25) is 0 Å². The minimum atomic E-state index is -0.696. The van der Waals surface area contributed by atoms with Crippen molar-refractivity contribution < 1.29 is 13.3 Å². The molecule has 0 saturated carbocycles. The maximum absolute atomic E-state index is 13.4. The van der Waals surface area contributed by atoms with E-state index in [1.807, 2.05) is 0 Å². The molecule has 2 rings (SSSR count). The molecular formula is C10H6ClF2NO. The van der Waals surface area contributed by atoms with E-state index in [4.69, 9.17) is 16.1 Å². The number of alkyl halides is 1. The first kappa shape index (κ1) is 10.1. The molecule has 15 heavy (non-hydrogen) atoms. The van der Waals surface area contributed by atoms with Crippen molar-refractivity contribution in [2.24, 2.45) is 0 Å². The fourth-order valence-electron chi connectivity index (χ4n) is 1.25. The van der Waals surface area contributed by atoms with Crippen molar-refractivity contribution in [2.45, 2.75) is 5.88 Å². The second-order valence-corrected chi connectivity index (χ2v) is 3.21. The van der Waals surface area contributed by atoms with Crippen molar-refractivity contribution in [1.29, 1.82) is 0 Å². The first-order valence-electron chi connectivity index (χ1n) is 4.17. The molecule has 78 valence electrons. The van der Waals surface area contributed by atoms with E-state index < -0.39 is 11.6 Å². The van der Waals surface area contributed by atoms with Crippen LogP contribution in [-0.2, 0) is 5.88 Å². The molecule has 0 bridgehead atoms. The SMILES string of the molecule is Fc1ccc(-c2oncc2CCl)c(F)c1. The van der Waals surface area contributed by atoms with Gasteiger partial charge in [-0.15, -0.1) is 11.6 Å². The van der Waals surface area contributed by atoms with Crippen LogP contribution in [0.2, 0.25) is 0 Å². The van der Waals surface area contributed by atoms with Gasteiger partial charge in [0.25, 0.3) is 0 Å². The quantitative estimate of drug-likeness (QED) is 0.738. The third-order valence-electron chi connectivity index (χ3n) is 1.96. The van der Waals surface area contributed by atoms with Crippen LogP contribution >= 0.6 is 11.6 Å².